The Bertz CT molecular complexity index is 676. The molecule has 3 nitrogen and oxygen atoms in total. The minimum Gasteiger partial charge on any atom is -0.207 e. The lowest BCUT2D eigenvalue weighted by molar-refractivity contribution is 0.574. The summed E-state index contributed by atoms with van der Waals surface area (Å²) >= 11 is 0. The molecule has 1 N–H and O–H groups in total. The van der Waals surface area contributed by atoms with Crippen molar-refractivity contribution in [1.82, 2.24) is 4.72 Å². The summed E-state index contributed by atoms with van der Waals surface area (Å²) in [4.78, 5) is 0.255. The molecule has 1 atom stereocenters. The van der Waals surface area contributed by atoms with Gasteiger partial charge in [-0.2, -0.15) is 4.72 Å². The van der Waals surface area contributed by atoms with Gasteiger partial charge in [0.25, 0.3) is 0 Å². The van der Waals surface area contributed by atoms with Crippen molar-refractivity contribution in [2.75, 3.05) is 0 Å². The minimum absolute atomic E-state index is 0.255. The van der Waals surface area contributed by atoms with Gasteiger partial charge in [0.1, 0.15) is 0 Å². The maximum Gasteiger partial charge on any atom is 0.241 e. The van der Waals surface area contributed by atoms with Crippen LogP contribution in [0.25, 0.3) is 0 Å². The van der Waals surface area contributed by atoms with E-state index in [1.165, 1.54) is 0 Å². The molecule has 0 heterocycles. The maximum atomic E-state index is 12.3. The van der Waals surface area contributed by atoms with Crippen molar-refractivity contribution in [2.45, 2.75) is 17.9 Å². The van der Waals surface area contributed by atoms with E-state index in [2.05, 4.69) is 11.3 Å². The summed E-state index contributed by atoms with van der Waals surface area (Å²) in [7, 11) is -3.56. The first-order valence-electron chi connectivity index (χ1n) is 6.29. The third-order valence-corrected chi connectivity index (χ3v) is 4.46. The van der Waals surface area contributed by atoms with Crippen molar-refractivity contribution in [3.63, 3.8) is 0 Å². The molecule has 0 aliphatic carbocycles. The van der Waals surface area contributed by atoms with Gasteiger partial charge in [0, 0.05) is 0 Å². The van der Waals surface area contributed by atoms with Crippen molar-refractivity contribution in [2.24, 2.45) is 0 Å². The smallest absolute Gasteiger partial charge is 0.207 e. The first-order chi connectivity index (χ1) is 9.53. The van der Waals surface area contributed by atoms with Crippen LogP contribution in [0.15, 0.2) is 72.1 Å². The second kappa shape index (κ2) is 6.03. The second-order valence-corrected chi connectivity index (χ2v) is 6.27. The van der Waals surface area contributed by atoms with Crippen molar-refractivity contribution in [3.8, 4) is 0 Å². The average Bonchev–Trinajstić information content (AvgIpc) is 2.46. The Kier molecular flexibility index (Phi) is 4.37. The van der Waals surface area contributed by atoms with Gasteiger partial charge in [0.05, 0.1) is 10.9 Å². The fraction of sp³-hybridized carbons (Fsp3) is 0.125. The monoisotopic (exact) mass is 287 g/mol. The first kappa shape index (κ1) is 14.5. The van der Waals surface area contributed by atoms with Gasteiger partial charge in [-0.3, -0.25) is 0 Å². The lowest BCUT2D eigenvalue weighted by Gasteiger charge is -2.15. The van der Waals surface area contributed by atoms with Crippen LogP contribution in [0.1, 0.15) is 17.2 Å². The molecule has 0 spiro atoms. The van der Waals surface area contributed by atoms with Gasteiger partial charge in [-0.1, -0.05) is 54.1 Å². The van der Waals surface area contributed by atoms with Crippen LogP contribution in [-0.4, -0.2) is 8.42 Å². The summed E-state index contributed by atoms with van der Waals surface area (Å²) in [6.45, 7) is 5.62. The topological polar surface area (TPSA) is 46.2 Å². The lowest BCUT2D eigenvalue weighted by Crippen LogP contribution is -2.27. The predicted molar refractivity (Wildman–Crippen MR) is 80.9 cm³/mol. The van der Waals surface area contributed by atoms with Crippen LogP contribution in [-0.2, 0) is 10.0 Å². The van der Waals surface area contributed by atoms with Gasteiger partial charge in [-0.25, -0.2) is 8.42 Å². The Balaban J connectivity index is 2.27. The van der Waals surface area contributed by atoms with Crippen LogP contribution in [0.2, 0.25) is 0 Å². The average molecular weight is 287 g/mol. The Morgan fingerprint density at radius 1 is 1.05 bits per heavy atom. The molecule has 0 saturated carbocycles. The molecular weight excluding hydrogens is 270 g/mol. The van der Waals surface area contributed by atoms with E-state index in [-0.39, 0.29) is 4.90 Å². The minimum atomic E-state index is -3.56. The molecule has 0 saturated heterocycles. The lowest BCUT2D eigenvalue weighted by atomic mass is 10.1. The molecular formula is C16H17NO2S. The third kappa shape index (κ3) is 3.35. The van der Waals surface area contributed by atoms with E-state index in [1.807, 2.05) is 37.3 Å². The molecule has 104 valence electrons. The van der Waals surface area contributed by atoms with Crippen LogP contribution in [0.3, 0.4) is 0 Å². The van der Waals surface area contributed by atoms with Crippen LogP contribution in [0.4, 0.5) is 0 Å². The zero-order chi connectivity index (χ0) is 14.6. The fourth-order valence-electron chi connectivity index (χ4n) is 1.87. The van der Waals surface area contributed by atoms with Crippen LogP contribution in [0.5, 0.6) is 0 Å². The summed E-state index contributed by atoms with van der Waals surface area (Å²) in [6, 6.07) is 15.7. The highest BCUT2D eigenvalue weighted by Gasteiger charge is 2.18. The van der Waals surface area contributed by atoms with Crippen molar-refractivity contribution < 1.29 is 8.42 Å². The van der Waals surface area contributed by atoms with Crippen molar-refractivity contribution in [3.05, 3.63) is 78.4 Å². The zero-order valence-electron chi connectivity index (χ0n) is 11.3. The number of benzene rings is 2. The van der Waals surface area contributed by atoms with E-state index in [4.69, 9.17) is 0 Å². The number of sulfonamides is 1. The number of hydrogen-bond donors (Lipinski definition) is 1. The highest BCUT2D eigenvalue weighted by Crippen LogP contribution is 2.18. The van der Waals surface area contributed by atoms with E-state index < -0.39 is 16.1 Å². The number of hydrogen-bond acceptors (Lipinski definition) is 2. The third-order valence-electron chi connectivity index (χ3n) is 3.01. The van der Waals surface area contributed by atoms with Gasteiger partial charge >= 0.3 is 0 Å². The number of aryl methyl sites for hydroxylation is 1. The molecule has 4 heteroatoms. The summed E-state index contributed by atoms with van der Waals surface area (Å²) in [5, 5.41) is 0. The van der Waals surface area contributed by atoms with Crippen LogP contribution < -0.4 is 4.72 Å². The molecule has 0 amide bonds. The highest BCUT2D eigenvalue weighted by atomic mass is 32.2. The highest BCUT2D eigenvalue weighted by molar-refractivity contribution is 7.89. The van der Waals surface area contributed by atoms with Gasteiger partial charge in [-0.15, -0.1) is 6.58 Å². The van der Waals surface area contributed by atoms with Crippen LogP contribution in [0, 0.1) is 6.92 Å². The predicted octanol–water partition coefficient (Wildman–Crippen LogP) is 3.20. The standard InChI is InChI=1S/C16H17NO2S/c1-3-16(14-7-5-4-6-8-14)17-20(18,19)15-11-9-13(2)10-12-15/h3-12,16-17H,1H2,2H3/t16-/m0/s1. The molecule has 0 aromatic heterocycles. The largest absolute Gasteiger partial charge is 0.241 e. The molecule has 2 rings (SSSR count). The maximum absolute atomic E-state index is 12.3. The van der Waals surface area contributed by atoms with Gasteiger partial charge in [0.15, 0.2) is 0 Å². The van der Waals surface area contributed by atoms with E-state index in [9.17, 15) is 8.42 Å². The molecule has 20 heavy (non-hydrogen) atoms. The first-order valence-corrected chi connectivity index (χ1v) is 7.78. The molecule has 0 aliphatic rings. The van der Waals surface area contributed by atoms with Crippen molar-refractivity contribution >= 4 is 10.0 Å². The molecule has 0 unspecified atom stereocenters. The van der Waals surface area contributed by atoms with Crippen molar-refractivity contribution in [1.29, 1.82) is 0 Å². The van der Waals surface area contributed by atoms with Gasteiger partial charge < -0.3 is 0 Å². The van der Waals surface area contributed by atoms with E-state index >= 15 is 0 Å². The van der Waals surface area contributed by atoms with Gasteiger partial charge in [0.2, 0.25) is 10.0 Å². The van der Waals surface area contributed by atoms with Crippen LogP contribution >= 0.6 is 0 Å². The Labute approximate surface area is 120 Å². The van der Waals surface area contributed by atoms with E-state index in [1.54, 1.807) is 30.3 Å². The van der Waals surface area contributed by atoms with Gasteiger partial charge in [-0.05, 0) is 24.6 Å². The Morgan fingerprint density at radius 2 is 1.65 bits per heavy atom. The second-order valence-electron chi connectivity index (χ2n) is 4.56. The summed E-state index contributed by atoms with van der Waals surface area (Å²) in [5.74, 6) is 0. The fourth-order valence-corrected chi connectivity index (χ4v) is 3.06. The quantitative estimate of drug-likeness (QED) is 0.858. The zero-order valence-corrected chi connectivity index (χ0v) is 12.1. The molecule has 0 aliphatic heterocycles. The molecule has 2 aromatic carbocycles. The molecule has 2 aromatic rings. The molecule has 0 fully saturated rings. The molecule has 0 bridgehead atoms. The molecule has 0 radical (unpaired) electrons. The number of rotatable bonds is 5. The Morgan fingerprint density at radius 3 is 2.20 bits per heavy atom. The SMILES string of the molecule is C=C[C@H](NS(=O)(=O)c1ccc(C)cc1)c1ccccc1. The van der Waals surface area contributed by atoms with E-state index in [0.29, 0.717) is 0 Å². The summed E-state index contributed by atoms with van der Waals surface area (Å²) in [5.41, 5.74) is 1.88. The summed E-state index contributed by atoms with van der Waals surface area (Å²) < 4.78 is 27.3. The van der Waals surface area contributed by atoms with E-state index in [0.717, 1.165) is 11.1 Å². The number of nitrogens with one attached hydrogen (secondary N) is 1. The summed E-state index contributed by atoms with van der Waals surface area (Å²) in [6.07, 6.45) is 1.58. The Hall–Kier alpha value is -1.91. The normalized spacial score (nSPS) is 12.8.